The van der Waals surface area contributed by atoms with Crippen molar-refractivity contribution in [2.24, 2.45) is 0 Å². The van der Waals surface area contributed by atoms with Crippen molar-refractivity contribution in [3.8, 4) is 17.7 Å². The van der Waals surface area contributed by atoms with Gasteiger partial charge in [-0.1, -0.05) is 0 Å². The lowest BCUT2D eigenvalue weighted by molar-refractivity contribution is -0.386. The molecule has 106 valence electrons. The molecular weight excluding hydrogens is 281 g/mol. The molecule has 21 heavy (non-hydrogen) atoms. The summed E-state index contributed by atoms with van der Waals surface area (Å²) in [6, 6.07) is 5.18. The first-order valence-electron chi connectivity index (χ1n) is 5.58. The van der Waals surface area contributed by atoms with E-state index in [-0.39, 0.29) is 23.0 Å². The Labute approximate surface area is 117 Å². The molecule has 1 aromatic carbocycles. The van der Waals surface area contributed by atoms with Crippen LogP contribution >= 0.6 is 0 Å². The molecule has 0 saturated carbocycles. The van der Waals surface area contributed by atoms with Crippen LogP contribution in [-0.2, 0) is 0 Å². The van der Waals surface area contributed by atoms with E-state index in [9.17, 15) is 14.5 Å². The molecular formula is C12H8FN5O3. The van der Waals surface area contributed by atoms with Crippen LogP contribution in [0.5, 0.6) is 11.6 Å². The number of ether oxygens (including phenoxy) is 1. The molecule has 0 aliphatic rings. The molecule has 9 heteroatoms. The van der Waals surface area contributed by atoms with E-state index in [1.54, 1.807) is 6.07 Å². The highest BCUT2D eigenvalue weighted by atomic mass is 19.1. The van der Waals surface area contributed by atoms with Crippen LogP contribution in [0.25, 0.3) is 0 Å². The number of aryl methyl sites for hydroxylation is 1. The fraction of sp³-hybridized carbons (Fsp3) is 0.0833. The predicted molar refractivity (Wildman–Crippen MR) is 69.0 cm³/mol. The largest absolute Gasteiger partial charge is 0.430 e. The fourth-order valence-corrected chi connectivity index (χ4v) is 1.60. The van der Waals surface area contributed by atoms with Crippen molar-refractivity contribution in [2.45, 2.75) is 6.92 Å². The van der Waals surface area contributed by atoms with Gasteiger partial charge in [0.05, 0.1) is 16.6 Å². The molecule has 0 fully saturated rings. The summed E-state index contributed by atoms with van der Waals surface area (Å²) >= 11 is 0. The average molecular weight is 289 g/mol. The summed E-state index contributed by atoms with van der Waals surface area (Å²) in [4.78, 5) is 17.5. The van der Waals surface area contributed by atoms with Crippen molar-refractivity contribution < 1.29 is 14.1 Å². The Balaban J connectivity index is 2.49. The van der Waals surface area contributed by atoms with E-state index in [1.807, 2.05) is 0 Å². The lowest BCUT2D eigenvalue weighted by Gasteiger charge is -2.08. The first kappa shape index (κ1) is 14.1. The van der Waals surface area contributed by atoms with Gasteiger partial charge in [-0.15, -0.1) is 0 Å². The maximum atomic E-state index is 13.7. The number of nitrogens with two attached hydrogens (primary N) is 1. The molecule has 0 atom stereocenters. The SMILES string of the molecule is Cc1nc(N)nc(Oc2ccc(C#N)cc2F)c1[N+](=O)[O-]. The Morgan fingerprint density at radius 2 is 2.19 bits per heavy atom. The number of nitrogen functional groups attached to an aromatic ring is 1. The van der Waals surface area contributed by atoms with Crippen LogP contribution in [0.2, 0.25) is 0 Å². The van der Waals surface area contributed by atoms with Crippen LogP contribution in [-0.4, -0.2) is 14.9 Å². The van der Waals surface area contributed by atoms with Crippen molar-refractivity contribution in [1.82, 2.24) is 9.97 Å². The van der Waals surface area contributed by atoms with Crippen LogP contribution in [0.1, 0.15) is 11.3 Å². The molecule has 0 aliphatic heterocycles. The Morgan fingerprint density at radius 1 is 1.48 bits per heavy atom. The van der Waals surface area contributed by atoms with E-state index >= 15 is 0 Å². The lowest BCUT2D eigenvalue weighted by atomic mass is 10.2. The topological polar surface area (TPSA) is 128 Å². The molecule has 8 nitrogen and oxygen atoms in total. The maximum absolute atomic E-state index is 13.7. The quantitative estimate of drug-likeness (QED) is 0.676. The van der Waals surface area contributed by atoms with Gasteiger partial charge < -0.3 is 10.5 Å². The van der Waals surface area contributed by atoms with E-state index in [2.05, 4.69) is 9.97 Å². The van der Waals surface area contributed by atoms with Gasteiger partial charge in [0.2, 0.25) is 5.95 Å². The Morgan fingerprint density at radius 3 is 2.76 bits per heavy atom. The van der Waals surface area contributed by atoms with Gasteiger partial charge in [0, 0.05) is 0 Å². The molecule has 1 heterocycles. The minimum Gasteiger partial charge on any atom is -0.430 e. The number of nitrogens with zero attached hydrogens (tertiary/aromatic N) is 4. The van der Waals surface area contributed by atoms with Gasteiger partial charge in [-0.2, -0.15) is 10.2 Å². The van der Waals surface area contributed by atoms with Crippen molar-refractivity contribution in [2.75, 3.05) is 5.73 Å². The molecule has 0 bridgehead atoms. The number of hydrogen-bond acceptors (Lipinski definition) is 7. The van der Waals surface area contributed by atoms with Gasteiger partial charge in [-0.25, -0.2) is 9.37 Å². The summed E-state index contributed by atoms with van der Waals surface area (Å²) in [6.45, 7) is 1.36. The van der Waals surface area contributed by atoms with Gasteiger partial charge in [-0.05, 0) is 25.1 Å². The first-order chi connectivity index (χ1) is 9.92. The van der Waals surface area contributed by atoms with E-state index in [0.717, 1.165) is 6.07 Å². The number of nitro groups is 1. The molecule has 2 N–H and O–H groups in total. The monoisotopic (exact) mass is 289 g/mol. The molecule has 2 rings (SSSR count). The molecule has 0 aliphatic carbocycles. The Hall–Kier alpha value is -3.28. The molecule has 0 unspecified atom stereocenters. The van der Waals surface area contributed by atoms with Crippen molar-refractivity contribution in [3.63, 3.8) is 0 Å². The summed E-state index contributed by atoms with van der Waals surface area (Å²) in [6.07, 6.45) is 0. The standard InChI is InChI=1S/C12H8FN5O3/c1-6-10(18(19)20)11(17-12(15)16-6)21-9-3-2-7(5-14)4-8(9)13/h2-4H,1H3,(H2,15,16,17). The number of benzene rings is 1. The lowest BCUT2D eigenvalue weighted by Crippen LogP contribution is -2.05. The second-order valence-corrected chi connectivity index (χ2v) is 3.94. The van der Waals surface area contributed by atoms with Crippen LogP contribution in [0.15, 0.2) is 18.2 Å². The van der Waals surface area contributed by atoms with Crippen LogP contribution in [0.3, 0.4) is 0 Å². The summed E-state index contributed by atoms with van der Waals surface area (Å²) in [5, 5.41) is 19.6. The normalized spacial score (nSPS) is 9.95. The van der Waals surface area contributed by atoms with Crippen molar-refractivity contribution >= 4 is 11.6 Å². The first-order valence-corrected chi connectivity index (χ1v) is 5.58. The highest BCUT2D eigenvalue weighted by molar-refractivity contribution is 5.50. The molecule has 1 aromatic heterocycles. The Kier molecular flexibility index (Phi) is 3.62. The number of nitriles is 1. The van der Waals surface area contributed by atoms with E-state index in [1.165, 1.54) is 19.1 Å². The zero-order chi connectivity index (χ0) is 15.6. The van der Waals surface area contributed by atoms with Gasteiger partial charge in [0.25, 0.3) is 0 Å². The van der Waals surface area contributed by atoms with Crippen LogP contribution in [0.4, 0.5) is 16.0 Å². The third kappa shape index (κ3) is 2.84. The highest BCUT2D eigenvalue weighted by Gasteiger charge is 2.24. The number of anilines is 1. The molecule has 0 radical (unpaired) electrons. The molecule has 2 aromatic rings. The summed E-state index contributed by atoms with van der Waals surface area (Å²) in [5.74, 6) is -1.86. The van der Waals surface area contributed by atoms with Gasteiger partial charge in [0.15, 0.2) is 11.6 Å². The second kappa shape index (κ2) is 5.38. The predicted octanol–water partition coefficient (Wildman–Crippen LogP) is 2.08. The van der Waals surface area contributed by atoms with Gasteiger partial charge >= 0.3 is 11.6 Å². The van der Waals surface area contributed by atoms with Crippen LogP contribution < -0.4 is 10.5 Å². The molecule has 0 amide bonds. The fourth-order valence-electron chi connectivity index (χ4n) is 1.60. The van der Waals surface area contributed by atoms with E-state index in [4.69, 9.17) is 15.7 Å². The van der Waals surface area contributed by atoms with Crippen molar-refractivity contribution in [1.29, 1.82) is 5.26 Å². The number of hydrogen-bond donors (Lipinski definition) is 1. The van der Waals surface area contributed by atoms with E-state index in [0.29, 0.717) is 0 Å². The number of rotatable bonds is 3. The third-order valence-electron chi connectivity index (χ3n) is 2.49. The molecule has 0 spiro atoms. The van der Waals surface area contributed by atoms with Crippen LogP contribution in [0, 0.1) is 34.2 Å². The highest BCUT2D eigenvalue weighted by Crippen LogP contribution is 2.33. The van der Waals surface area contributed by atoms with E-state index < -0.39 is 22.3 Å². The Bertz CT molecular complexity index is 772. The minimum absolute atomic E-state index is 0.00319. The second-order valence-electron chi connectivity index (χ2n) is 3.94. The summed E-state index contributed by atoms with van der Waals surface area (Å²) in [5.41, 5.74) is 4.98. The summed E-state index contributed by atoms with van der Waals surface area (Å²) in [7, 11) is 0. The van der Waals surface area contributed by atoms with Gasteiger partial charge in [-0.3, -0.25) is 10.1 Å². The maximum Gasteiger partial charge on any atom is 0.352 e. The zero-order valence-corrected chi connectivity index (χ0v) is 10.7. The number of halogens is 1. The average Bonchev–Trinajstić information content (AvgIpc) is 2.39. The number of aromatic nitrogens is 2. The smallest absolute Gasteiger partial charge is 0.352 e. The molecule has 0 saturated heterocycles. The van der Waals surface area contributed by atoms with Gasteiger partial charge in [0.1, 0.15) is 5.69 Å². The summed E-state index contributed by atoms with van der Waals surface area (Å²) < 4.78 is 18.8. The minimum atomic E-state index is -0.849. The van der Waals surface area contributed by atoms with Crippen molar-refractivity contribution in [3.05, 3.63) is 45.4 Å². The zero-order valence-electron chi connectivity index (χ0n) is 10.7. The third-order valence-corrected chi connectivity index (χ3v) is 2.49.